The number of pyridine rings is 1. The van der Waals surface area contributed by atoms with E-state index in [4.69, 9.17) is 5.73 Å². The summed E-state index contributed by atoms with van der Waals surface area (Å²) in [6, 6.07) is 12.1. The molecule has 0 atom stereocenters. The lowest BCUT2D eigenvalue weighted by molar-refractivity contribution is 0.913. The van der Waals surface area contributed by atoms with Crippen molar-refractivity contribution in [3.8, 4) is 0 Å². The van der Waals surface area contributed by atoms with Crippen LogP contribution in [0.1, 0.15) is 17.0 Å². The van der Waals surface area contributed by atoms with E-state index in [9.17, 15) is 0 Å². The molecule has 0 unspecified atom stereocenters. The molecule has 1 aromatic carbocycles. The molecule has 0 bridgehead atoms. The Kier molecular flexibility index (Phi) is 3.31. The van der Waals surface area contributed by atoms with Gasteiger partial charge < -0.3 is 5.73 Å². The SMILES string of the molecule is NCc1ccccc1Cc1nnc2ccc(Br)cn12. The van der Waals surface area contributed by atoms with Crippen LogP contribution < -0.4 is 5.73 Å². The first kappa shape index (κ1) is 12.3. The van der Waals surface area contributed by atoms with Gasteiger partial charge in [0, 0.05) is 23.6 Å². The Hall–Kier alpha value is -1.72. The van der Waals surface area contributed by atoms with Gasteiger partial charge in [0.25, 0.3) is 0 Å². The fourth-order valence-corrected chi connectivity index (χ4v) is 2.47. The maximum absolute atomic E-state index is 5.77. The van der Waals surface area contributed by atoms with Crippen LogP contribution in [0.4, 0.5) is 0 Å². The largest absolute Gasteiger partial charge is 0.326 e. The van der Waals surface area contributed by atoms with E-state index in [1.165, 1.54) is 5.56 Å². The predicted octanol–water partition coefficient (Wildman–Crippen LogP) is 2.54. The average molecular weight is 317 g/mol. The Morgan fingerprint density at radius 1 is 1.05 bits per heavy atom. The van der Waals surface area contributed by atoms with Crippen molar-refractivity contribution in [2.75, 3.05) is 0 Å². The molecule has 2 N–H and O–H groups in total. The molecule has 0 saturated heterocycles. The van der Waals surface area contributed by atoms with Crippen molar-refractivity contribution >= 4 is 21.6 Å². The van der Waals surface area contributed by atoms with Gasteiger partial charge in [-0.05, 0) is 39.2 Å². The standard InChI is InChI=1S/C14H13BrN4/c15-12-5-6-13-17-18-14(19(13)9-12)7-10-3-1-2-4-11(10)8-16/h1-6,9H,7-8,16H2. The van der Waals surface area contributed by atoms with Gasteiger partial charge in [-0.25, -0.2) is 0 Å². The zero-order chi connectivity index (χ0) is 13.2. The summed E-state index contributed by atoms with van der Waals surface area (Å²) in [5, 5.41) is 8.43. The number of rotatable bonds is 3. The van der Waals surface area contributed by atoms with Gasteiger partial charge in [-0.1, -0.05) is 24.3 Å². The molecular weight excluding hydrogens is 304 g/mol. The molecule has 0 fully saturated rings. The summed E-state index contributed by atoms with van der Waals surface area (Å²) in [6.45, 7) is 0.538. The second kappa shape index (κ2) is 5.11. The quantitative estimate of drug-likeness (QED) is 0.808. The van der Waals surface area contributed by atoms with Gasteiger partial charge in [0.05, 0.1) is 0 Å². The highest BCUT2D eigenvalue weighted by Gasteiger charge is 2.08. The maximum Gasteiger partial charge on any atom is 0.160 e. The van der Waals surface area contributed by atoms with E-state index < -0.39 is 0 Å². The molecule has 0 aliphatic heterocycles. The summed E-state index contributed by atoms with van der Waals surface area (Å²) >= 11 is 3.47. The fraction of sp³-hybridized carbons (Fsp3) is 0.143. The second-order valence-corrected chi connectivity index (χ2v) is 5.26. The molecule has 0 saturated carbocycles. The summed E-state index contributed by atoms with van der Waals surface area (Å²) in [4.78, 5) is 0. The van der Waals surface area contributed by atoms with E-state index in [0.717, 1.165) is 27.9 Å². The number of fused-ring (bicyclic) bond motifs is 1. The third-order valence-corrected chi connectivity index (χ3v) is 3.59. The van der Waals surface area contributed by atoms with Crippen molar-refractivity contribution in [3.63, 3.8) is 0 Å². The first-order valence-corrected chi connectivity index (χ1v) is 6.83. The number of hydrogen-bond donors (Lipinski definition) is 1. The molecule has 4 nitrogen and oxygen atoms in total. The van der Waals surface area contributed by atoms with E-state index in [1.807, 2.05) is 34.9 Å². The molecule has 2 aromatic heterocycles. The number of benzene rings is 1. The van der Waals surface area contributed by atoms with Crippen LogP contribution in [-0.2, 0) is 13.0 Å². The van der Waals surface area contributed by atoms with Crippen molar-refractivity contribution in [1.82, 2.24) is 14.6 Å². The zero-order valence-electron chi connectivity index (χ0n) is 10.3. The first-order valence-electron chi connectivity index (χ1n) is 6.04. The molecule has 5 heteroatoms. The lowest BCUT2D eigenvalue weighted by Crippen LogP contribution is -2.04. The molecule has 0 radical (unpaired) electrons. The Bertz CT molecular complexity index is 720. The lowest BCUT2D eigenvalue weighted by atomic mass is 10.0. The zero-order valence-corrected chi connectivity index (χ0v) is 11.8. The van der Waals surface area contributed by atoms with Gasteiger partial charge in [-0.15, -0.1) is 10.2 Å². The molecule has 3 aromatic rings. The van der Waals surface area contributed by atoms with Crippen LogP contribution in [-0.4, -0.2) is 14.6 Å². The number of nitrogens with zero attached hydrogens (tertiary/aromatic N) is 3. The van der Waals surface area contributed by atoms with Crippen LogP contribution in [0.5, 0.6) is 0 Å². The van der Waals surface area contributed by atoms with Crippen molar-refractivity contribution in [1.29, 1.82) is 0 Å². The minimum absolute atomic E-state index is 0.538. The van der Waals surface area contributed by atoms with Crippen LogP contribution in [0.15, 0.2) is 47.1 Å². The van der Waals surface area contributed by atoms with E-state index in [1.54, 1.807) is 0 Å². The Morgan fingerprint density at radius 3 is 2.63 bits per heavy atom. The van der Waals surface area contributed by atoms with Gasteiger partial charge in [-0.2, -0.15) is 0 Å². The minimum Gasteiger partial charge on any atom is -0.326 e. The highest BCUT2D eigenvalue weighted by molar-refractivity contribution is 9.10. The molecule has 96 valence electrons. The van der Waals surface area contributed by atoms with Crippen LogP contribution in [0.3, 0.4) is 0 Å². The summed E-state index contributed by atoms with van der Waals surface area (Å²) in [7, 11) is 0. The smallest absolute Gasteiger partial charge is 0.160 e. The maximum atomic E-state index is 5.77. The summed E-state index contributed by atoms with van der Waals surface area (Å²) in [5.41, 5.74) is 8.96. The van der Waals surface area contributed by atoms with Crippen molar-refractivity contribution in [2.45, 2.75) is 13.0 Å². The number of halogens is 1. The highest BCUT2D eigenvalue weighted by Crippen LogP contribution is 2.16. The van der Waals surface area contributed by atoms with Crippen LogP contribution in [0.2, 0.25) is 0 Å². The van der Waals surface area contributed by atoms with Crippen molar-refractivity contribution in [3.05, 3.63) is 64.0 Å². The molecule has 0 spiro atoms. The molecule has 0 amide bonds. The fourth-order valence-electron chi connectivity index (χ4n) is 2.13. The third kappa shape index (κ3) is 2.39. The minimum atomic E-state index is 0.538. The molecule has 2 heterocycles. The van der Waals surface area contributed by atoms with Crippen LogP contribution in [0, 0.1) is 0 Å². The molecule has 0 aliphatic rings. The van der Waals surface area contributed by atoms with E-state index >= 15 is 0 Å². The number of aromatic nitrogens is 3. The van der Waals surface area contributed by atoms with Crippen LogP contribution >= 0.6 is 15.9 Å². The molecular formula is C14H13BrN4. The van der Waals surface area contributed by atoms with Gasteiger partial charge in [-0.3, -0.25) is 4.40 Å². The Balaban J connectivity index is 2.03. The third-order valence-electron chi connectivity index (χ3n) is 3.12. The number of hydrogen-bond acceptors (Lipinski definition) is 3. The molecule has 0 aliphatic carbocycles. The van der Waals surface area contributed by atoms with Crippen LogP contribution in [0.25, 0.3) is 5.65 Å². The summed E-state index contributed by atoms with van der Waals surface area (Å²) in [6.07, 6.45) is 2.71. The number of nitrogens with two attached hydrogens (primary N) is 1. The Morgan fingerprint density at radius 2 is 1.84 bits per heavy atom. The average Bonchev–Trinajstić information content (AvgIpc) is 2.82. The normalized spacial score (nSPS) is 11.1. The van der Waals surface area contributed by atoms with E-state index in [2.05, 4.69) is 38.3 Å². The van der Waals surface area contributed by atoms with Gasteiger partial charge in [0.2, 0.25) is 0 Å². The van der Waals surface area contributed by atoms with E-state index in [0.29, 0.717) is 6.54 Å². The lowest BCUT2D eigenvalue weighted by Gasteiger charge is -2.06. The van der Waals surface area contributed by atoms with Crippen molar-refractivity contribution < 1.29 is 0 Å². The predicted molar refractivity (Wildman–Crippen MR) is 77.8 cm³/mol. The monoisotopic (exact) mass is 316 g/mol. The summed E-state index contributed by atoms with van der Waals surface area (Å²) in [5.74, 6) is 0.914. The van der Waals surface area contributed by atoms with Crippen molar-refractivity contribution in [2.24, 2.45) is 5.73 Å². The summed E-state index contributed by atoms with van der Waals surface area (Å²) < 4.78 is 3.00. The Labute approximate surface area is 119 Å². The van der Waals surface area contributed by atoms with E-state index in [-0.39, 0.29) is 0 Å². The second-order valence-electron chi connectivity index (χ2n) is 4.34. The first-order chi connectivity index (χ1) is 9.28. The molecule has 19 heavy (non-hydrogen) atoms. The van der Waals surface area contributed by atoms with Gasteiger partial charge >= 0.3 is 0 Å². The molecule has 3 rings (SSSR count). The topological polar surface area (TPSA) is 56.2 Å². The highest BCUT2D eigenvalue weighted by atomic mass is 79.9. The van der Waals surface area contributed by atoms with Gasteiger partial charge in [0.15, 0.2) is 5.65 Å². The van der Waals surface area contributed by atoms with Gasteiger partial charge in [0.1, 0.15) is 5.82 Å².